The fourth-order valence-electron chi connectivity index (χ4n) is 2.45. The van der Waals surface area contributed by atoms with E-state index in [1.807, 2.05) is 0 Å². The number of hydrogen-bond donors (Lipinski definition) is 2. The molecule has 3 N–H and O–H groups in total. The van der Waals surface area contributed by atoms with Crippen molar-refractivity contribution >= 4 is 0 Å². The highest BCUT2D eigenvalue weighted by Crippen LogP contribution is 2.31. The zero-order valence-corrected chi connectivity index (χ0v) is 10.4. The van der Waals surface area contributed by atoms with Crippen LogP contribution in [0.25, 0.3) is 0 Å². The van der Waals surface area contributed by atoms with Crippen molar-refractivity contribution < 1.29 is 13.5 Å². The number of aryl methyl sites for hydroxylation is 1. The van der Waals surface area contributed by atoms with Crippen LogP contribution in [0, 0.1) is 24.5 Å². The second-order valence-electron chi connectivity index (χ2n) is 4.72. The van der Waals surface area contributed by atoms with E-state index in [4.69, 9.17) is 10.6 Å². The Labute approximate surface area is 105 Å². The average Bonchev–Trinajstić information content (AvgIpc) is 2.38. The number of ether oxygens (including phenoxy) is 1. The lowest BCUT2D eigenvalue weighted by molar-refractivity contribution is 0.0531. The molecule has 0 aliphatic carbocycles. The van der Waals surface area contributed by atoms with Crippen LogP contribution in [0.5, 0.6) is 0 Å². The molecule has 1 fully saturated rings. The van der Waals surface area contributed by atoms with E-state index in [1.54, 1.807) is 6.92 Å². The van der Waals surface area contributed by atoms with E-state index >= 15 is 0 Å². The maximum atomic E-state index is 13.9. The highest BCUT2D eigenvalue weighted by molar-refractivity contribution is 5.28. The van der Waals surface area contributed by atoms with Gasteiger partial charge in [0.2, 0.25) is 0 Å². The number of hydrogen-bond acceptors (Lipinski definition) is 3. The fraction of sp³-hybridized carbons (Fsp3) is 0.538. The molecule has 0 aromatic heterocycles. The molecule has 1 aromatic rings. The van der Waals surface area contributed by atoms with E-state index in [0.717, 1.165) is 18.9 Å². The summed E-state index contributed by atoms with van der Waals surface area (Å²) in [5.74, 6) is 4.68. The van der Waals surface area contributed by atoms with E-state index < -0.39 is 11.6 Å². The Balaban J connectivity index is 2.28. The highest BCUT2D eigenvalue weighted by Gasteiger charge is 2.27. The Hall–Kier alpha value is -1.04. The Morgan fingerprint density at radius 3 is 2.56 bits per heavy atom. The SMILES string of the molecule is Cc1cc(C(NN)C2CCOCC2)c(F)cc1F. The zero-order chi connectivity index (χ0) is 13.1. The molecule has 0 radical (unpaired) electrons. The molecule has 1 aliphatic rings. The number of rotatable bonds is 3. The summed E-state index contributed by atoms with van der Waals surface area (Å²) < 4.78 is 32.4. The molecule has 18 heavy (non-hydrogen) atoms. The van der Waals surface area contributed by atoms with Crippen molar-refractivity contribution in [1.29, 1.82) is 0 Å². The molecule has 1 heterocycles. The van der Waals surface area contributed by atoms with Crippen molar-refractivity contribution in [1.82, 2.24) is 5.43 Å². The summed E-state index contributed by atoms with van der Waals surface area (Å²) in [7, 11) is 0. The molecule has 0 bridgehead atoms. The second kappa shape index (κ2) is 5.73. The van der Waals surface area contributed by atoms with Crippen LogP contribution in [0.1, 0.15) is 30.0 Å². The third-order valence-electron chi connectivity index (χ3n) is 3.53. The molecule has 1 atom stereocenters. The second-order valence-corrected chi connectivity index (χ2v) is 4.72. The Morgan fingerprint density at radius 2 is 1.94 bits per heavy atom. The molecule has 3 nitrogen and oxygen atoms in total. The molecule has 2 rings (SSSR count). The van der Waals surface area contributed by atoms with Gasteiger partial charge in [-0.05, 0) is 37.3 Å². The number of nitrogens with one attached hydrogen (secondary N) is 1. The minimum absolute atomic E-state index is 0.211. The summed E-state index contributed by atoms with van der Waals surface area (Å²) >= 11 is 0. The van der Waals surface area contributed by atoms with Crippen LogP contribution in [0.3, 0.4) is 0 Å². The predicted octanol–water partition coefficient (Wildman–Crippen LogP) is 2.20. The van der Waals surface area contributed by atoms with Gasteiger partial charge in [-0.2, -0.15) is 0 Å². The van der Waals surface area contributed by atoms with Crippen LogP contribution >= 0.6 is 0 Å². The van der Waals surface area contributed by atoms with Crippen LogP contribution in [0.2, 0.25) is 0 Å². The molecular weight excluding hydrogens is 238 g/mol. The van der Waals surface area contributed by atoms with Crippen molar-refractivity contribution in [2.75, 3.05) is 13.2 Å². The predicted molar refractivity (Wildman–Crippen MR) is 64.7 cm³/mol. The van der Waals surface area contributed by atoms with Gasteiger partial charge >= 0.3 is 0 Å². The van der Waals surface area contributed by atoms with Gasteiger partial charge in [-0.25, -0.2) is 8.78 Å². The summed E-state index contributed by atoms with van der Waals surface area (Å²) in [5.41, 5.74) is 3.52. The monoisotopic (exact) mass is 256 g/mol. The molecule has 1 aliphatic heterocycles. The van der Waals surface area contributed by atoms with Crippen LogP contribution in [0.4, 0.5) is 8.78 Å². The molecule has 0 spiro atoms. The Morgan fingerprint density at radius 1 is 1.28 bits per heavy atom. The molecule has 5 heteroatoms. The minimum Gasteiger partial charge on any atom is -0.381 e. The van der Waals surface area contributed by atoms with Gasteiger partial charge in [0.15, 0.2) is 0 Å². The fourth-order valence-corrected chi connectivity index (χ4v) is 2.45. The first-order valence-corrected chi connectivity index (χ1v) is 6.13. The van der Waals surface area contributed by atoms with Gasteiger partial charge in [-0.15, -0.1) is 0 Å². The van der Waals surface area contributed by atoms with Gasteiger partial charge in [0, 0.05) is 24.8 Å². The number of hydrazine groups is 1. The Bertz CT molecular complexity index is 420. The van der Waals surface area contributed by atoms with Crippen molar-refractivity contribution in [2.45, 2.75) is 25.8 Å². The van der Waals surface area contributed by atoms with Crippen molar-refractivity contribution in [2.24, 2.45) is 11.8 Å². The first kappa shape index (κ1) is 13.4. The van der Waals surface area contributed by atoms with Gasteiger partial charge in [0.05, 0.1) is 6.04 Å². The number of halogens is 2. The van der Waals surface area contributed by atoms with Crippen molar-refractivity contribution in [3.8, 4) is 0 Å². The van der Waals surface area contributed by atoms with Crippen molar-refractivity contribution in [3.63, 3.8) is 0 Å². The molecule has 1 unspecified atom stereocenters. The number of benzene rings is 1. The standard InChI is InChI=1S/C13H18F2N2O/c1-8-6-10(12(15)7-11(8)14)13(17-16)9-2-4-18-5-3-9/h6-7,9,13,17H,2-5,16H2,1H3. The summed E-state index contributed by atoms with van der Waals surface area (Å²) in [5, 5.41) is 0. The molecule has 100 valence electrons. The third kappa shape index (κ3) is 2.68. The van der Waals surface area contributed by atoms with E-state index in [1.165, 1.54) is 6.07 Å². The zero-order valence-electron chi connectivity index (χ0n) is 10.4. The van der Waals surface area contributed by atoms with Gasteiger partial charge in [0.25, 0.3) is 0 Å². The van der Waals surface area contributed by atoms with Crippen LogP contribution < -0.4 is 11.3 Å². The molecular formula is C13H18F2N2O. The first-order valence-electron chi connectivity index (χ1n) is 6.13. The quantitative estimate of drug-likeness (QED) is 0.644. The lowest BCUT2D eigenvalue weighted by atomic mass is 9.86. The summed E-state index contributed by atoms with van der Waals surface area (Å²) in [6, 6.07) is 2.16. The van der Waals surface area contributed by atoms with E-state index in [9.17, 15) is 8.78 Å². The highest BCUT2D eigenvalue weighted by atomic mass is 19.1. The van der Waals surface area contributed by atoms with E-state index in [2.05, 4.69) is 5.43 Å². The first-order chi connectivity index (χ1) is 8.63. The van der Waals surface area contributed by atoms with E-state index in [-0.39, 0.29) is 12.0 Å². The normalized spacial score (nSPS) is 18.9. The van der Waals surface area contributed by atoms with Gasteiger partial charge in [-0.1, -0.05) is 0 Å². The van der Waals surface area contributed by atoms with Gasteiger partial charge in [-0.3, -0.25) is 11.3 Å². The van der Waals surface area contributed by atoms with Crippen LogP contribution in [0.15, 0.2) is 12.1 Å². The number of nitrogens with two attached hydrogens (primary N) is 1. The maximum absolute atomic E-state index is 13.9. The third-order valence-corrected chi connectivity index (χ3v) is 3.53. The largest absolute Gasteiger partial charge is 0.381 e. The van der Waals surface area contributed by atoms with Crippen LogP contribution in [-0.2, 0) is 4.74 Å². The summed E-state index contributed by atoms with van der Waals surface area (Å²) in [4.78, 5) is 0. The topological polar surface area (TPSA) is 47.3 Å². The summed E-state index contributed by atoms with van der Waals surface area (Å²) in [6.07, 6.45) is 1.65. The van der Waals surface area contributed by atoms with Crippen LogP contribution in [-0.4, -0.2) is 13.2 Å². The molecule has 0 amide bonds. The minimum atomic E-state index is -0.549. The lowest BCUT2D eigenvalue weighted by Crippen LogP contribution is -2.36. The maximum Gasteiger partial charge on any atom is 0.130 e. The molecule has 1 aromatic carbocycles. The van der Waals surface area contributed by atoms with E-state index in [0.29, 0.717) is 24.3 Å². The van der Waals surface area contributed by atoms with Gasteiger partial charge in [0.1, 0.15) is 11.6 Å². The Kier molecular flexibility index (Phi) is 4.27. The van der Waals surface area contributed by atoms with Crippen molar-refractivity contribution in [3.05, 3.63) is 34.9 Å². The average molecular weight is 256 g/mol. The summed E-state index contributed by atoms with van der Waals surface area (Å²) in [6.45, 7) is 2.94. The lowest BCUT2D eigenvalue weighted by Gasteiger charge is -2.30. The smallest absolute Gasteiger partial charge is 0.130 e. The molecule has 0 saturated carbocycles. The van der Waals surface area contributed by atoms with Gasteiger partial charge < -0.3 is 4.74 Å². The molecule has 1 saturated heterocycles.